The van der Waals surface area contributed by atoms with E-state index in [2.05, 4.69) is 20.8 Å². The van der Waals surface area contributed by atoms with Crippen molar-refractivity contribution in [1.82, 2.24) is 4.98 Å². The lowest BCUT2D eigenvalue weighted by Crippen LogP contribution is -2.11. The SMILES string of the molecule is O=C(Nc1sc(NN=Cc2cccc(Oc3ccccc3)c2)nc1-c1ccc(F)cc1)c1ccccc1. The van der Waals surface area contributed by atoms with Crippen LogP contribution in [0.15, 0.2) is 114 Å². The molecule has 0 saturated carbocycles. The van der Waals surface area contributed by atoms with Crippen molar-refractivity contribution in [1.29, 1.82) is 0 Å². The van der Waals surface area contributed by atoms with Gasteiger partial charge in [0.2, 0.25) is 5.13 Å². The molecule has 8 heteroatoms. The maximum atomic E-state index is 13.5. The number of thiazole rings is 1. The van der Waals surface area contributed by atoms with Crippen molar-refractivity contribution >= 4 is 33.6 Å². The summed E-state index contributed by atoms with van der Waals surface area (Å²) in [6.45, 7) is 0. The van der Waals surface area contributed by atoms with Crippen molar-refractivity contribution in [3.8, 4) is 22.8 Å². The first-order chi connectivity index (χ1) is 18.1. The summed E-state index contributed by atoms with van der Waals surface area (Å²) in [5.74, 6) is 0.818. The monoisotopic (exact) mass is 508 g/mol. The van der Waals surface area contributed by atoms with Gasteiger partial charge in [0.25, 0.3) is 5.91 Å². The van der Waals surface area contributed by atoms with Crippen LogP contribution in [0.3, 0.4) is 0 Å². The van der Waals surface area contributed by atoms with Crippen molar-refractivity contribution in [2.45, 2.75) is 0 Å². The zero-order chi connectivity index (χ0) is 25.5. The fourth-order valence-electron chi connectivity index (χ4n) is 3.47. The number of ether oxygens (including phenoxy) is 1. The standard InChI is InChI=1S/C29H21FN4O2S/c30-23-16-14-21(15-17-23)26-28(33-27(35)22-9-3-1-4-10-22)37-29(32-26)34-31-19-20-8-7-13-25(18-20)36-24-11-5-2-6-12-24/h1-19H,(H,32,34)(H,33,35). The molecule has 5 rings (SSSR count). The highest BCUT2D eigenvalue weighted by molar-refractivity contribution is 7.20. The maximum Gasteiger partial charge on any atom is 0.256 e. The summed E-state index contributed by atoms with van der Waals surface area (Å²) < 4.78 is 19.4. The summed E-state index contributed by atoms with van der Waals surface area (Å²) in [6.07, 6.45) is 1.65. The number of amides is 1. The second kappa shape index (κ2) is 11.3. The van der Waals surface area contributed by atoms with Gasteiger partial charge < -0.3 is 10.1 Å². The van der Waals surface area contributed by atoms with E-state index in [1.165, 1.54) is 23.5 Å². The van der Waals surface area contributed by atoms with E-state index in [-0.39, 0.29) is 11.7 Å². The van der Waals surface area contributed by atoms with Crippen molar-refractivity contribution in [2.75, 3.05) is 10.7 Å². The van der Waals surface area contributed by atoms with Crippen LogP contribution in [-0.4, -0.2) is 17.1 Å². The number of carbonyl (C=O) groups excluding carboxylic acids is 1. The van der Waals surface area contributed by atoms with Gasteiger partial charge in [0.05, 0.1) is 6.21 Å². The third-order valence-corrected chi connectivity index (χ3v) is 6.09. The van der Waals surface area contributed by atoms with Crippen LogP contribution in [0.2, 0.25) is 0 Å². The lowest BCUT2D eigenvalue weighted by atomic mass is 10.1. The van der Waals surface area contributed by atoms with Crippen LogP contribution in [0.25, 0.3) is 11.3 Å². The average molecular weight is 509 g/mol. The molecule has 2 N–H and O–H groups in total. The van der Waals surface area contributed by atoms with Gasteiger partial charge >= 0.3 is 0 Å². The molecule has 37 heavy (non-hydrogen) atoms. The number of hydrazone groups is 1. The van der Waals surface area contributed by atoms with Crippen molar-refractivity contribution in [2.24, 2.45) is 5.10 Å². The van der Waals surface area contributed by atoms with Crippen LogP contribution in [0.5, 0.6) is 11.5 Å². The minimum absolute atomic E-state index is 0.266. The second-order valence-electron chi connectivity index (χ2n) is 7.88. The molecular formula is C29H21FN4O2S. The number of halogens is 1. The fourth-order valence-corrected chi connectivity index (χ4v) is 4.30. The molecular weight excluding hydrogens is 487 g/mol. The van der Waals surface area contributed by atoms with Gasteiger partial charge in [-0.3, -0.25) is 10.2 Å². The van der Waals surface area contributed by atoms with E-state index in [9.17, 15) is 9.18 Å². The molecule has 0 aliphatic carbocycles. The Morgan fingerprint density at radius 3 is 2.32 bits per heavy atom. The van der Waals surface area contributed by atoms with Gasteiger partial charge in [-0.2, -0.15) is 5.10 Å². The maximum absolute atomic E-state index is 13.5. The van der Waals surface area contributed by atoms with Crippen LogP contribution in [0.4, 0.5) is 14.5 Å². The minimum atomic E-state index is -0.352. The van der Waals surface area contributed by atoms with Gasteiger partial charge in [0.1, 0.15) is 28.0 Å². The summed E-state index contributed by atoms with van der Waals surface area (Å²) in [5, 5.41) is 8.21. The molecule has 0 radical (unpaired) electrons. The lowest BCUT2D eigenvalue weighted by Gasteiger charge is -2.05. The number of carbonyl (C=O) groups is 1. The molecule has 6 nitrogen and oxygen atoms in total. The first-order valence-corrected chi connectivity index (χ1v) is 12.2. The summed E-state index contributed by atoms with van der Waals surface area (Å²) in [7, 11) is 0. The van der Waals surface area contributed by atoms with Gasteiger partial charge in [0.15, 0.2) is 0 Å². The Morgan fingerprint density at radius 2 is 1.57 bits per heavy atom. The third-order valence-electron chi connectivity index (χ3n) is 5.22. The highest BCUT2D eigenvalue weighted by Crippen LogP contribution is 2.36. The Kier molecular flexibility index (Phi) is 7.29. The summed E-state index contributed by atoms with van der Waals surface area (Å²) >= 11 is 1.24. The van der Waals surface area contributed by atoms with Crippen LogP contribution >= 0.6 is 11.3 Å². The van der Waals surface area contributed by atoms with Gasteiger partial charge in [0, 0.05) is 11.1 Å². The number of rotatable bonds is 8. The van der Waals surface area contributed by atoms with Crippen molar-refractivity contribution in [3.05, 3.63) is 126 Å². The zero-order valence-corrected chi connectivity index (χ0v) is 20.3. The number of hydrogen-bond acceptors (Lipinski definition) is 6. The number of nitrogens with zero attached hydrogens (tertiary/aromatic N) is 2. The van der Waals surface area contributed by atoms with Crippen LogP contribution in [0.1, 0.15) is 15.9 Å². The molecule has 0 aliphatic heterocycles. The molecule has 1 heterocycles. The minimum Gasteiger partial charge on any atom is -0.457 e. The molecule has 0 aliphatic rings. The molecule has 1 aromatic heterocycles. The summed E-state index contributed by atoms with van der Waals surface area (Å²) in [4.78, 5) is 17.4. The van der Waals surface area contributed by atoms with E-state index in [4.69, 9.17) is 4.74 Å². The zero-order valence-electron chi connectivity index (χ0n) is 19.5. The first-order valence-electron chi connectivity index (χ1n) is 11.4. The Morgan fingerprint density at radius 1 is 0.865 bits per heavy atom. The van der Waals surface area contributed by atoms with E-state index in [1.807, 2.05) is 60.7 Å². The average Bonchev–Trinajstić information content (AvgIpc) is 3.32. The Bertz CT molecular complexity index is 1520. The van der Waals surface area contributed by atoms with Gasteiger partial charge in [-0.25, -0.2) is 9.37 Å². The lowest BCUT2D eigenvalue weighted by molar-refractivity contribution is 0.102. The van der Waals surface area contributed by atoms with E-state index in [0.717, 1.165) is 11.3 Å². The van der Waals surface area contributed by atoms with E-state index < -0.39 is 0 Å². The first kappa shape index (κ1) is 23.9. The number of aromatic nitrogens is 1. The Balaban J connectivity index is 1.34. The third kappa shape index (κ3) is 6.25. The molecule has 0 unspecified atom stereocenters. The normalized spacial score (nSPS) is 10.8. The molecule has 4 aromatic carbocycles. The second-order valence-corrected chi connectivity index (χ2v) is 8.88. The molecule has 182 valence electrons. The fraction of sp³-hybridized carbons (Fsp3) is 0. The molecule has 5 aromatic rings. The highest BCUT2D eigenvalue weighted by atomic mass is 32.1. The predicted molar refractivity (Wildman–Crippen MR) is 146 cm³/mol. The van der Waals surface area contributed by atoms with Crippen molar-refractivity contribution in [3.63, 3.8) is 0 Å². The Hall–Kier alpha value is -4.82. The number of hydrogen-bond donors (Lipinski definition) is 2. The largest absolute Gasteiger partial charge is 0.457 e. The van der Waals surface area contributed by atoms with E-state index in [0.29, 0.717) is 32.7 Å². The molecule has 0 spiro atoms. The van der Waals surface area contributed by atoms with E-state index in [1.54, 1.807) is 42.6 Å². The van der Waals surface area contributed by atoms with Crippen molar-refractivity contribution < 1.29 is 13.9 Å². The van der Waals surface area contributed by atoms with Crippen LogP contribution in [-0.2, 0) is 0 Å². The quantitative estimate of drug-likeness (QED) is 0.169. The van der Waals surface area contributed by atoms with Gasteiger partial charge in [-0.05, 0) is 66.2 Å². The molecule has 1 amide bonds. The smallest absolute Gasteiger partial charge is 0.256 e. The number of benzene rings is 4. The molecule has 0 fully saturated rings. The van der Waals surface area contributed by atoms with Crippen LogP contribution < -0.4 is 15.5 Å². The number of para-hydroxylation sites is 1. The predicted octanol–water partition coefficient (Wildman–Crippen LogP) is 7.44. The number of anilines is 2. The van der Waals surface area contributed by atoms with Crippen LogP contribution in [0, 0.1) is 5.82 Å². The molecule has 0 atom stereocenters. The summed E-state index contributed by atoms with van der Waals surface area (Å²) in [6, 6.07) is 31.9. The molecule has 0 saturated heterocycles. The van der Waals surface area contributed by atoms with Gasteiger partial charge in [-0.15, -0.1) is 0 Å². The summed E-state index contributed by atoms with van der Waals surface area (Å²) in [5.41, 5.74) is 5.46. The topological polar surface area (TPSA) is 75.6 Å². The van der Waals surface area contributed by atoms with Gasteiger partial charge in [-0.1, -0.05) is 59.9 Å². The Labute approximate surface area is 217 Å². The highest BCUT2D eigenvalue weighted by Gasteiger charge is 2.16. The number of nitrogens with one attached hydrogen (secondary N) is 2. The molecule has 0 bridgehead atoms. The van der Waals surface area contributed by atoms with E-state index >= 15 is 0 Å².